The summed E-state index contributed by atoms with van der Waals surface area (Å²) >= 11 is 0. The van der Waals surface area contributed by atoms with Crippen LogP contribution >= 0.6 is 15.6 Å². The van der Waals surface area contributed by atoms with E-state index in [1.54, 1.807) is 0 Å². The van der Waals surface area contributed by atoms with Crippen molar-refractivity contribution in [2.24, 2.45) is 23.7 Å². The summed E-state index contributed by atoms with van der Waals surface area (Å²) in [5.41, 5.74) is 0. The number of ether oxygens (including phenoxy) is 4. The lowest BCUT2D eigenvalue weighted by molar-refractivity contribution is -0.161. The summed E-state index contributed by atoms with van der Waals surface area (Å²) in [4.78, 5) is 72.3. The number of carbonyl (C=O) groups excluding carboxylic acids is 4. The number of phosphoric acid groups is 2. The zero-order chi connectivity index (χ0) is 64.7. The molecule has 0 heterocycles. The molecule has 0 radical (unpaired) electrons. The molecule has 0 aliphatic carbocycles. The smallest absolute Gasteiger partial charge is 0.462 e. The third kappa shape index (κ3) is 62.6. The van der Waals surface area contributed by atoms with E-state index in [0.29, 0.717) is 37.5 Å². The van der Waals surface area contributed by atoms with Crippen molar-refractivity contribution in [3.05, 3.63) is 0 Å². The van der Waals surface area contributed by atoms with E-state index in [2.05, 4.69) is 55.4 Å². The van der Waals surface area contributed by atoms with E-state index in [1.807, 2.05) is 0 Å². The Morgan fingerprint density at radius 1 is 0.287 bits per heavy atom. The van der Waals surface area contributed by atoms with Gasteiger partial charge in [0.1, 0.15) is 19.3 Å². The van der Waals surface area contributed by atoms with Gasteiger partial charge in [-0.05, 0) is 49.4 Å². The van der Waals surface area contributed by atoms with Gasteiger partial charge in [-0.2, -0.15) is 0 Å². The van der Waals surface area contributed by atoms with Crippen LogP contribution in [0.2, 0.25) is 0 Å². The van der Waals surface area contributed by atoms with Crippen molar-refractivity contribution in [1.82, 2.24) is 0 Å². The zero-order valence-electron chi connectivity index (χ0n) is 56.6. The van der Waals surface area contributed by atoms with Crippen LogP contribution in [0.1, 0.15) is 331 Å². The molecule has 0 saturated heterocycles. The highest BCUT2D eigenvalue weighted by atomic mass is 31.2. The van der Waals surface area contributed by atoms with Gasteiger partial charge in [0.2, 0.25) is 0 Å². The van der Waals surface area contributed by atoms with Crippen LogP contribution in [0.5, 0.6) is 0 Å². The molecule has 0 fully saturated rings. The Labute approximate surface area is 530 Å². The van der Waals surface area contributed by atoms with Gasteiger partial charge in [-0.1, -0.05) is 280 Å². The third-order valence-electron chi connectivity index (χ3n) is 15.6. The molecule has 0 amide bonds. The molecule has 0 rings (SSSR count). The van der Waals surface area contributed by atoms with E-state index >= 15 is 0 Å². The normalized spacial score (nSPS) is 14.3. The Balaban J connectivity index is 5.20. The van der Waals surface area contributed by atoms with Crippen LogP contribution in [-0.4, -0.2) is 96.7 Å². The molecule has 2 unspecified atom stereocenters. The molecular weight excluding hydrogens is 1150 g/mol. The first-order valence-electron chi connectivity index (χ1n) is 35.2. The van der Waals surface area contributed by atoms with Crippen LogP contribution in [0.15, 0.2) is 0 Å². The van der Waals surface area contributed by atoms with E-state index in [4.69, 9.17) is 37.0 Å². The van der Waals surface area contributed by atoms with E-state index in [-0.39, 0.29) is 25.7 Å². The first-order valence-corrected chi connectivity index (χ1v) is 38.2. The SMILES string of the molecule is CC(C)CCCCCCCCCCCCCCCCC(=O)OC[C@H](COP(=O)(O)OC[C@@H](O)COP(=O)(O)OC[C@@H](COC(=O)CCCCCCCCC(C)C)OC(=O)CCCCCCCCC(C)C)OC(=O)CCCCCCCCCCCC(C)C. The highest BCUT2D eigenvalue weighted by Gasteiger charge is 2.30. The summed E-state index contributed by atoms with van der Waals surface area (Å²) in [5.74, 6) is 0.746. The minimum Gasteiger partial charge on any atom is -0.462 e. The molecule has 87 heavy (non-hydrogen) atoms. The van der Waals surface area contributed by atoms with Crippen LogP contribution < -0.4 is 0 Å². The number of aliphatic hydroxyl groups excluding tert-OH is 1. The summed E-state index contributed by atoms with van der Waals surface area (Å²) < 4.78 is 68.1. The van der Waals surface area contributed by atoms with Gasteiger partial charge in [0.25, 0.3) is 0 Å². The predicted octanol–water partition coefficient (Wildman–Crippen LogP) is 18.9. The van der Waals surface area contributed by atoms with Gasteiger partial charge in [-0.15, -0.1) is 0 Å². The molecule has 0 aromatic heterocycles. The summed E-state index contributed by atoms with van der Waals surface area (Å²) in [6, 6.07) is 0. The Morgan fingerprint density at radius 2 is 0.483 bits per heavy atom. The number of carbonyl (C=O) groups is 4. The second-order valence-corrected chi connectivity index (χ2v) is 29.4. The second kappa shape index (κ2) is 57.9. The van der Waals surface area contributed by atoms with Crippen molar-refractivity contribution >= 4 is 39.5 Å². The maximum Gasteiger partial charge on any atom is 0.472 e. The summed E-state index contributed by atoms with van der Waals surface area (Å²) in [7, 11) is -9.89. The molecule has 0 aromatic carbocycles. The largest absolute Gasteiger partial charge is 0.472 e. The standard InChI is InChI=1S/C68H132O17P2/c1-58(2)44-36-28-20-16-13-11-9-10-12-14-18-22-32-40-48-65(70)78-54-63(84-67(72)50-42-34-23-19-15-17-21-29-37-45-59(3)4)56-82-86(74,75)80-52-62(69)53-81-87(76,77)83-57-64(85-68(73)51-43-35-27-25-31-39-47-61(7)8)55-79-66(71)49-41-33-26-24-30-38-46-60(5)6/h58-64,69H,9-57H2,1-8H3,(H,74,75)(H,76,77)/t62-,63-,64-/m1/s1. The lowest BCUT2D eigenvalue weighted by Crippen LogP contribution is -2.30. The molecule has 0 aromatic rings. The minimum atomic E-state index is -4.95. The topological polar surface area (TPSA) is 237 Å². The average Bonchev–Trinajstić information content (AvgIpc) is 3.60. The van der Waals surface area contributed by atoms with Crippen LogP contribution in [-0.2, 0) is 65.4 Å². The molecule has 5 atom stereocenters. The number of aliphatic hydroxyl groups is 1. The van der Waals surface area contributed by atoms with Crippen molar-refractivity contribution in [2.45, 2.75) is 350 Å². The Bertz CT molecular complexity index is 1730. The number of phosphoric ester groups is 2. The molecule has 0 aliphatic rings. The molecule has 0 saturated carbocycles. The lowest BCUT2D eigenvalue weighted by atomic mass is 10.0. The van der Waals surface area contributed by atoms with Crippen LogP contribution in [0.4, 0.5) is 0 Å². The monoisotopic (exact) mass is 1280 g/mol. The number of rotatable bonds is 65. The van der Waals surface area contributed by atoms with E-state index in [9.17, 15) is 43.2 Å². The summed E-state index contributed by atoms with van der Waals surface area (Å²) in [6.07, 6.45) is 39.3. The molecule has 19 heteroatoms. The second-order valence-electron chi connectivity index (χ2n) is 26.5. The van der Waals surface area contributed by atoms with Crippen LogP contribution in [0.3, 0.4) is 0 Å². The first-order chi connectivity index (χ1) is 41.6. The fourth-order valence-corrected chi connectivity index (χ4v) is 11.7. The van der Waals surface area contributed by atoms with Crippen LogP contribution in [0, 0.1) is 23.7 Å². The maximum atomic E-state index is 13.0. The van der Waals surface area contributed by atoms with Crippen molar-refractivity contribution < 1.29 is 80.2 Å². The van der Waals surface area contributed by atoms with E-state index in [1.165, 1.54) is 128 Å². The van der Waals surface area contributed by atoms with Gasteiger partial charge in [-0.3, -0.25) is 37.3 Å². The average molecular weight is 1280 g/mol. The van der Waals surface area contributed by atoms with Crippen molar-refractivity contribution in [3.63, 3.8) is 0 Å². The van der Waals surface area contributed by atoms with Gasteiger partial charge < -0.3 is 33.8 Å². The highest BCUT2D eigenvalue weighted by Crippen LogP contribution is 2.45. The van der Waals surface area contributed by atoms with Crippen molar-refractivity contribution in [2.75, 3.05) is 39.6 Å². The van der Waals surface area contributed by atoms with E-state index < -0.39 is 97.5 Å². The van der Waals surface area contributed by atoms with Gasteiger partial charge in [-0.25, -0.2) is 9.13 Å². The fourth-order valence-electron chi connectivity index (χ4n) is 10.1. The highest BCUT2D eigenvalue weighted by molar-refractivity contribution is 7.47. The number of hydrogen-bond acceptors (Lipinski definition) is 15. The van der Waals surface area contributed by atoms with Gasteiger partial charge in [0.05, 0.1) is 26.4 Å². The third-order valence-corrected chi connectivity index (χ3v) is 17.5. The quantitative estimate of drug-likeness (QED) is 0.0222. The van der Waals surface area contributed by atoms with Crippen molar-refractivity contribution in [3.8, 4) is 0 Å². The van der Waals surface area contributed by atoms with Gasteiger partial charge >= 0.3 is 39.5 Å². The van der Waals surface area contributed by atoms with E-state index in [0.717, 1.165) is 108 Å². The summed E-state index contributed by atoms with van der Waals surface area (Å²) in [6.45, 7) is 14.0. The number of hydrogen-bond donors (Lipinski definition) is 3. The molecular formula is C68H132O17P2. The van der Waals surface area contributed by atoms with Crippen molar-refractivity contribution in [1.29, 1.82) is 0 Å². The zero-order valence-corrected chi connectivity index (χ0v) is 58.4. The predicted molar refractivity (Wildman–Crippen MR) is 349 cm³/mol. The van der Waals surface area contributed by atoms with Gasteiger partial charge in [0.15, 0.2) is 12.2 Å². The van der Waals surface area contributed by atoms with Crippen LogP contribution in [0.25, 0.3) is 0 Å². The molecule has 0 bridgehead atoms. The Morgan fingerprint density at radius 3 is 0.713 bits per heavy atom. The molecule has 17 nitrogen and oxygen atoms in total. The first kappa shape index (κ1) is 85.1. The molecule has 516 valence electrons. The maximum absolute atomic E-state index is 13.0. The number of unbranched alkanes of at least 4 members (excludes halogenated alkanes) is 31. The molecule has 0 spiro atoms. The fraction of sp³-hybridized carbons (Fsp3) is 0.941. The molecule has 0 aliphatic heterocycles. The summed E-state index contributed by atoms with van der Waals surface area (Å²) in [5, 5.41) is 10.6. The number of esters is 4. The molecule has 3 N–H and O–H groups in total. The lowest BCUT2D eigenvalue weighted by Gasteiger charge is -2.21. The Hall–Kier alpha value is -1.94. The minimum absolute atomic E-state index is 0.100. The Kier molecular flexibility index (Phi) is 56.6. The van der Waals surface area contributed by atoms with Gasteiger partial charge in [0, 0.05) is 25.7 Å².